The molecule has 6 heteroatoms. The van der Waals surface area contributed by atoms with E-state index in [1.807, 2.05) is 18.0 Å². The number of aromatic nitrogens is 1. The first-order chi connectivity index (χ1) is 17.9. The maximum atomic E-state index is 12.7. The number of nitrogens with zero attached hydrogens (tertiary/aromatic N) is 1. The first-order valence-corrected chi connectivity index (χ1v) is 19.2. The molecule has 2 aliphatic carbocycles. The van der Waals surface area contributed by atoms with Crippen molar-refractivity contribution in [3.8, 4) is 0 Å². The second-order valence-corrected chi connectivity index (χ2v) is 19.2. The van der Waals surface area contributed by atoms with Gasteiger partial charge >= 0.3 is 190 Å². The Labute approximate surface area is 232 Å². The fourth-order valence-corrected chi connectivity index (χ4v) is 8.66. The van der Waals surface area contributed by atoms with Gasteiger partial charge in [-0.25, -0.2) is 0 Å². The molecule has 1 aromatic heterocycles. The number of thioether (sulfide) groups is 1. The SMILES string of the molecule is CC(C)I(C)CCOCC1(C(=O)O)Cc2cc3cnc(C4CC4)cc3c(SCCc3ccccc3)c2C1. The van der Waals surface area contributed by atoms with Crippen molar-refractivity contribution >= 4 is 48.3 Å². The molecule has 198 valence electrons. The molecule has 5 rings (SSSR count). The number of rotatable bonds is 12. The van der Waals surface area contributed by atoms with Gasteiger partial charge in [0, 0.05) is 0 Å². The Bertz CT molecular complexity index is 1260. The second kappa shape index (κ2) is 11.6. The molecule has 2 aliphatic rings. The molecular formula is C31H38INO3S. The molecule has 0 amide bonds. The second-order valence-electron chi connectivity index (χ2n) is 10.9. The minimum atomic E-state index is -0.993. The summed E-state index contributed by atoms with van der Waals surface area (Å²) in [6, 6.07) is 15.1. The number of hydrogen-bond acceptors (Lipinski definition) is 4. The van der Waals surface area contributed by atoms with Gasteiger partial charge in [-0.1, -0.05) is 30.3 Å². The van der Waals surface area contributed by atoms with Gasteiger partial charge in [0.15, 0.2) is 0 Å². The number of carbonyl (C=O) groups is 1. The van der Waals surface area contributed by atoms with Crippen LogP contribution in [0, 0.1) is 5.41 Å². The number of pyridine rings is 1. The van der Waals surface area contributed by atoms with E-state index in [2.05, 4.69) is 61.2 Å². The molecule has 1 fully saturated rings. The Kier molecular flexibility index (Phi) is 8.46. The summed E-state index contributed by atoms with van der Waals surface area (Å²) in [4.78, 5) is 21.1. The van der Waals surface area contributed by atoms with Crippen LogP contribution in [0.1, 0.15) is 55.0 Å². The zero-order valence-corrected chi connectivity index (χ0v) is 25.1. The molecule has 0 spiro atoms. The van der Waals surface area contributed by atoms with Crippen molar-refractivity contribution < 1.29 is 14.6 Å². The molecule has 4 nitrogen and oxygen atoms in total. The zero-order valence-electron chi connectivity index (χ0n) is 22.1. The number of benzene rings is 2. The van der Waals surface area contributed by atoms with Gasteiger partial charge in [-0.3, -0.25) is 0 Å². The van der Waals surface area contributed by atoms with Crippen LogP contribution in [0.3, 0.4) is 0 Å². The van der Waals surface area contributed by atoms with Crippen LogP contribution in [0.4, 0.5) is 0 Å². The van der Waals surface area contributed by atoms with Crippen LogP contribution in [0.25, 0.3) is 10.8 Å². The van der Waals surface area contributed by atoms with Crippen molar-refractivity contribution in [3.63, 3.8) is 0 Å². The van der Waals surface area contributed by atoms with Gasteiger partial charge in [-0.05, 0) is 12.8 Å². The average molecular weight is 632 g/mol. The van der Waals surface area contributed by atoms with Crippen LogP contribution in [0.2, 0.25) is 0 Å². The quantitative estimate of drug-likeness (QED) is 0.0994. The molecule has 37 heavy (non-hydrogen) atoms. The van der Waals surface area contributed by atoms with Gasteiger partial charge in [0.05, 0.1) is 0 Å². The first-order valence-electron chi connectivity index (χ1n) is 13.3. The van der Waals surface area contributed by atoms with Crippen molar-refractivity contribution in [1.29, 1.82) is 0 Å². The van der Waals surface area contributed by atoms with E-state index < -0.39 is 31.2 Å². The van der Waals surface area contributed by atoms with E-state index in [0.717, 1.165) is 31.5 Å². The maximum absolute atomic E-state index is 12.7. The number of hydrogen-bond donors (Lipinski definition) is 1. The summed E-state index contributed by atoms with van der Waals surface area (Å²) in [5.74, 6) is 0.815. The van der Waals surface area contributed by atoms with Crippen LogP contribution >= 0.6 is 31.6 Å². The molecule has 1 N–H and O–H groups in total. The Morgan fingerprint density at radius 1 is 1.22 bits per heavy atom. The number of fused-ring (bicyclic) bond motifs is 2. The predicted molar refractivity (Wildman–Crippen MR) is 163 cm³/mol. The van der Waals surface area contributed by atoms with Crippen molar-refractivity contribution in [2.24, 2.45) is 5.41 Å². The molecule has 0 bridgehead atoms. The summed E-state index contributed by atoms with van der Waals surface area (Å²) in [5.41, 5.74) is 4.02. The molecule has 0 radical (unpaired) electrons. The van der Waals surface area contributed by atoms with Crippen LogP contribution in [0.5, 0.6) is 0 Å². The third kappa shape index (κ3) is 6.17. The third-order valence-corrected chi connectivity index (χ3v) is 15.4. The van der Waals surface area contributed by atoms with Crippen LogP contribution in [0.15, 0.2) is 53.6 Å². The molecule has 3 aromatic rings. The Morgan fingerprint density at radius 2 is 2.00 bits per heavy atom. The van der Waals surface area contributed by atoms with E-state index in [1.165, 1.54) is 39.9 Å². The topological polar surface area (TPSA) is 59.4 Å². The number of aryl methyl sites for hydroxylation is 1. The van der Waals surface area contributed by atoms with Crippen molar-refractivity contribution in [2.45, 2.75) is 60.7 Å². The summed E-state index contributed by atoms with van der Waals surface area (Å²) in [6.45, 7) is 5.56. The Balaban J connectivity index is 1.41. The molecule has 0 aliphatic heterocycles. The third-order valence-electron chi connectivity index (χ3n) is 7.81. The van der Waals surface area contributed by atoms with Crippen molar-refractivity contribution in [2.75, 3.05) is 28.3 Å². The summed E-state index contributed by atoms with van der Waals surface area (Å²) in [6.07, 6.45) is 6.52. The van der Waals surface area contributed by atoms with Gasteiger partial charge in [0.25, 0.3) is 0 Å². The number of carboxylic acids is 1. The predicted octanol–water partition coefficient (Wildman–Crippen LogP) is 7.18. The Morgan fingerprint density at radius 3 is 2.70 bits per heavy atom. The monoisotopic (exact) mass is 631 g/mol. The van der Waals surface area contributed by atoms with Crippen LogP contribution in [-0.4, -0.2) is 48.3 Å². The fourth-order valence-electron chi connectivity index (χ4n) is 5.15. The molecular weight excluding hydrogens is 593 g/mol. The molecule has 1 saturated carbocycles. The summed E-state index contributed by atoms with van der Waals surface area (Å²) >= 11 is 0.890. The molecule has 1 heterocycles. The average Bonchev–Trinajstić information content (AvgIpc) is 3.67. The Hall–Kier alpha value is -1.64. The van der Waals surface area contributed by atoms with Gasteiger partial charge in [-0.15, -0.1) is 0 Å². The summed E-state index contributed by atoms with van der Waals surface area (Å²) in [5, 5.41) is 12.8. The molecule has 2 aromatic carbocycles. The number of aliphatic carboxylic acids is 1. The van der Waals surface area contributed by atoms with E-state index in [4.69, 9.17) is 9.72 Å². The van der Waals surface area contributed by atoms with E-state index in [1.54, 1.807) is 0 Å². The fraction of sp³-hybridized carbons (Fsp3) is 0.484. The summed E-state index contributed by atoms with van der Waals surface area (Å²) < 4.78 is 7.98. The van der Waals surface area contributed by atoms with Gasteiger partial charge < -0.3 is 0 Å². The van der Waals surface area contributed by atoms with Crippen molar-refractivity contribution in [1.82, 2.24) is 4.98 Å². The number of ether oxygens (including phenoxy) is 1. The van der Waals surface area contributed by atoms with E-state index in [0.29, 0.717) is 25.4 Å². The van der Waals surface area contributed by atoms with E-state index in [9.17, 15) is 9.90 Å². The number of halogens is 1. The normalized spacial score (nSPS) is 19.4. The molecule has 0 saturated heterocycles. The minimum absolute atomic E-state index is 0.287. The van der Waals surface area contributed by atoms with E-state index >= 15 is 0 Å². The summed E-state index contributed by atoms with van der Waals surface area (Å²) in [7, 11) is 0. The molecule has 1 unspecified atom stereocenters. The van der Waals surface area contributed by atoms with Gasteiger partial charge in [0.1, 0.15) is 0 Å². The standard InChI is InChI=1S/C31H38INO3S/c1-21(2)32(3)12-13-36-20-31(30(34)35)17-24-15-25-19-33-28(23-9-10-23)16-26(25)29(27(24)18-31)37-14-11-22-7-5-4-6-8-22/h4-8,15-16,19,21,23H,9-14,17-18,20H2,1-3H3,(H,34,35). The van der Waals surface area contributed by atoms with Gasteiger partial charge in [0.2, 0.25) is 0 Å². The van der Waals surface area contributed by atoms with Crippen LogP contribution in [-0.2, 0) is 28.8 Å². The first kappa shape index (κ1) is 26.9. The molecule has 1 atom stereocenters. The number of carboxylic acid groups (broad SMARTS) is 1. The number of alkyl halides is 3. The van der Waals surface area contributed by atoms with E-state index in [-0.39, 0.29) is 6.61 Å². The van der Waals surface area contributed by atoms with Crippen molar-refractivity contribution in [3.05, 3.63) is 71.0 Å². The zero-order chi connectivity index (χ0) is 26.0. The van der Waals surface area contributed by atoms with Crippen LogP contribution < -0.4 is 0 Å². The van der Waals surface area contributed by atoms with Gasteiger partial charge in [-0.2, -0.15) is 0 Å².